The molecule has 0 amide bonds. The molecule has 1 unspecified atom stereocenters. The maximum absolute atomic E-state index is 12.7. The molecule has 0 radical (unpaired) electrons. The summed E-state index contributed by atoms with van der Waals surface area (Å²) in [5, 5.41) is 18.5. The molecule has 0 spiro atoms. The molecule has 3 nitrogen and oxygen atoms in total. The minimum atomic E-state index is -2.13. The van der Waals surface area contributed by atoms with Crippen LogP contribution in [0.25, 0.3) is 0 Å². The van der Waals surface area contributed by atoms with E-state index in [-0.39, 0.29) is 56.9 Å². The predicted octanol–water partition coefficient (Wildman–Crippen LogP) is -2.68. The summed E-state index contributed by atoms with van der Waals surface area (Å²) in [6, 6.07) is 7.04. The number of carboxylic acids is 1. The van der Waals surface area contributed by atoms with E-state index in [2.05, 4.69) is 0 Å². The Labute approximate surface area is 123 Å². The Hall–Kier alpha value is -0.254. The van der Waals surface area contributed by atoms with Crippen molar-refractivity contribution in [2.24, 2.45) is 0 Å². The van der Waals surface area contributed by atoms with Crippen molar-refractivity contribution in [1.82, 2.24) is 0 Å². The molecule has 0 aliphatic rings. The zero-order chi connectivity index (χ0) is 9.84. The van der Waals surface area contributed by atoms with Crippen LogP contribution < -0.4 is 56.5 Å². The molecule has 1 rings (SSSR count). The van der Waals surface area contributed by atoms with Crippen LogP contribution in [0, 0.1) is 11.3 Å². The average molecular weight is 217 g/mol. The van der Waals surface area contributed by atoms with E-state index in [1.807, 2.05) is 6.07 Å². The van der Waals surface area contributed by atoms with Crippen molar-refractivity contribution in [3.8, 4) is 6.07 Å². The molecule has 0 N–H and O–H groups in total. The molecule has 14 heavy (non-hydrogen) atoms. The number of hydrogen-bond donors (Lipinski definition) is 0. The van der Waals surface area contributed by atoms with Crippen LogP contribution in [0.4, 0.5) is 4.39 Å². The van der Waals surface area contributed by atoms with Gasteiger partial charge in [-0.05, 0) is 17.7 Å². The summed E-state index contributed by atoms with van der Waals surface area (Å²) in [4.78, 5) is 10.1. The molecular weight excluding hydrogens is 212 g/mol. The van der Waals surface area contributed by atoms with Gasteiger partial charge in [-0.25, -0.2) is 4.39 Å². The van der Waals surface area contributed by atoms with Crippen molar-refractivity contribution >= 4 is 5.97 Å². The monoisotopic (exact) mass is 217 g/mol. The van der Waals surface area contributed by atoms with Gasteiger partial charge in [0.25, 0.3) is 0 Å². The van der Waals surface area contributed by atoms with Crippen molar-refractivity contribution in [2.75, 3.05) is 0 Å². The first-order chi connectivity index (χ1) is 6.15. The van der Waals surface area contributed by atoms with Crippen LogP contribution in [0.15, 0.2) is 24.3 Å². The predicted molar refractivity (Wildman–Crippen MR) is 40.0 cm³/mol. The van der Waals surface area contributed by atoms with Crippen LogP contribution >= 0.6 is 0 Å². The minimum Gasteiger partial charge on any atom is -0.547 e. The van der Waals surface area contributed by atoms with Crippen LogP contribution in [-0.4, -0.2) is 5.97 Å². The van der Waals surface area contributed by atoms with Crippen molar-refractivity contribution < 1.29 is 65.7 Å². The van der Waals surface area contributed by atoms with E-state index in [9.17, 15) is 14.3 Å². The van der Waals surface area contributed by atoms with E-state index in [0.717, 1.165) is 0 Å². The average Bonchev–Trinajstić information content (AvgIpc) is 2.17. The molecule has 0 bridgehead atoms. The second-order valence-corrected chi connectivity index (χ2v) is 2.42. The molecule has 5 heteroatoms. The molecule has 1 atom stereocenters. The summed E-state index contributed by atoms with van der Waals surface area (Å²) in [5.74, 6) is -1.77. The van der Waals surface area contributed by atoms with E-state index in [4.69, 9.17) is 5.26 Å². The number of hydrogen-bond acceptors (Lipinski definition) is 3. The minimum absolute atomic E-state index is 0. The van der Waals surface area contributed by atoms with Gasteiger partial charge in [-0.2, -0.15) is 5.26 Å². The first-order valence-electron chi connectivity index (χ1n) is 3.50. The van der Waals surface area contributed by atoms with E-state index in [1.165, 1.54) is 24.3 Å². The third-order valence-electron chi connectivity index (χ3n) is 1.54. The van der Waals surface area contributed by atoms with Crippen molar-refractivity contribution in [2.45, 2.75) is 6.17 Å². The van der Waals surface area contributed by atoms with Crippen LogP contribution in [0.1, 0.15) is 17.3 Å². The van der Waals surface area contributed by atoms with Gasteiger partial charge in [-0.1, -0.05) is 12.1 Å². The Balaban J connectivity index is 0.00000169. The zero-order valence-corrected chi connectivity index (χ0v) is 10.7. The number of nitriles is 1. The molecule has 0 saturated carbocycles. The largest absolute Gasteiger partial charge is 1.00 e. The summed E-state index contributed by atoms with van der Waals surface area (Å²) in [7, 11) is 0. The number of carboxylic acid groups (broad SMARTS) is 1. The quantitative estimate of drug-likeness (QED) is 0.507. The number of carbonyl (C=O) groups is 1. The molecule has 66 valence electrons. The van der Waals surface area contributed by atoms with E-state index < -0.39 is 12.1 Å². The van der Waals surface area contributed by atoms with Gasteiger partial charge in [-0.15, -0.1) is 0 Å². The number of aliphatic carboxylic acids is 1. The Morgan fingerprint density at radius 3 is 2.29 bits per heavy atom. The second-order valence-electron chi connectivity index (χ2n) is 2.42. The third-order valence-corrected chi connectivity index (χ3v) is 1.54. The molecule has 0 heterocycles. The fourth-order valence-electron chi connectivity index (χ4n) is 0.863. The number of carbonyl (C=O) groups excluding carboxylic acids is 1. The van der Waals surface area contributed by atoms with Crippen LogP contribution in [0.3, 0.4) is 0 Å². The van der Waals surface area contributed by atoms with Gasteiger partial charge in [0, 0.05) is 0 Å². The Morgan fingerprint density at radius 2 is 1.93 bits per heavy atom. The van der Waals surface area contributed by atoms with E-state index in [0.29, 0.717) is 5.56 Å². The fourth-order valence-corrected chi connectivity index (χ4v) is 0.863. The molecule has 0 aliphatic carbocycles. The fraction of sp³-hybridized carbons (Fsp3) is 0.111. The number of rotatable bonds is 2. The Kier molecular flexibility index (Phi) is 6.16. The number of alkyl halides is 1. The topological polar surface area (TPSA) is 63.9 Å². The molecule has 0 saturated heterocycles. The Morgan fingerprint density at radius 1 is 1.43 bits per heavy atom. The van der Waals surface area contributed by atoms with Gasteiger partial charge < -0.3 is 9.90 Å². The SMILES string of the molecule is N#Cc1ccc(C(F)C(=O)[O-])cc1.[K+]. The first kappa shape index (κ1) is 13.7. The normalized spacial score (nSPS) is 10.9. The van der Waals surface area contributed by atoms with Crippen LogP contribution in [-0.2, 0) is 4.79 Å². The number of halogens is 1. The summed E-state index contributed by atoms with van der Waals surface area (Å²) in [6.45, 7) is 0. The van der Waals surface area contributed by atoms with Gasteiger partial charge in [0.05, 0.1) is 17.6 Å². The van der Waals surface area contributed by atoms with Gasteiger partial charge >= 0.3 is 51.4 Å². The van der Waals surface area contributed by atoms with Crippen LogP contribution in [0.5, 0.6) is 0 Å². The smallest absolute Gasteiger partial charge is 0.547 e. The van der Waals surface area contributed by atoms with Gasteiger partial charge in [0.1, 0.15) is 0 Å². The van der Waals surface area contributed by atoms with Crippen molar-refractivity contribution in [1.29, 1.82) is 5.26 Å². The summed E-state index contributed by atoms with van der Waals surface area (Å²) < 4.78 is 12.7. The Bertz CT molecular complexity index is 358. The summed E-state index contributed by atoms with van der Waals surface area (Å²) >= 11 is 0. The zero-order valence-electron chi connectivity index (χ0n) is 7.53. The molecular formula is C9H5FKNO2. The van der Waals surface area contributed by atoms with Gasteiger partial charge in [0.15, 0.2) is 6.17 Å². The molecule has 0 aromatic heterocycles. The van der Waals surface area contributed by atoms with E-state index in [1.54, 1.807) is 0 Å². The van der Waals surface area contributed by atoms with Crippen molar-refractivity contribution in [3.63, 3.8) is 0 Å². The first-order valence-corrected chi connectivity index (χ1v) is 3.50. The second kappa shape index (κ2) is 6.27. The molecule has 0 aliphatic heterocycles. The molecule has 1 aromatic rings. The molecule has 0 fully saturated rings. The van der Waals surface area contributed by atoms with Crippen LogP contribution in [0.2, 0.25) is 0 Å². The van der Waals surface area contributed by atoms with E-state index >= 15 is 0 Å². The maximum atomic E-state index is 12.7. The summed E-state index contributed by atoms with van der Waals surface area (Å²) in [6.07, 6.45) is -2.13. The third kappa shape index (κ3) is 3.48. The number of benzene rings is 1. The van der Waals surface area contributed by atoms with Gasteiger partial charge in [0.2, 0.25) is 0 Å². The summed E-state index contributed by atoms with van der Waals surface area (Å²) in [5.41, 5.74) is 0.341. The maximum Gasteiger partial charge on any atom is 1.00 e. The standard InChI is InChI=1S/C9H6FNO2.K/c10-8(9(12)13)7-3-1-6(5-11)2-4-7;/h1-4,8H,(H,12,13);/q;+1/p-1. The number of nitrogens with zero attached hydrogens (tertiary/aromatic N) is 1. The van der Waals surface area contributed by atoms with Gasteiger partial charge in [-0.3, -0.25) is 0 Å². The molecule has 1 aromatic carbocycles. The van der Waals surface area contributed by atoms with Crippen molar-refractivity contribution in [3.05, 3.63) is 35.4 Å².